The van der Waals surface area contributed by atoms with Crippen LogP contribution in [0, 0.1) is 6.92 Å². The predicted octanol–water partition coefficient (Wildman–Crippen LogP) is 2.88. The van der Waals surface area contributed by atoms with Crippen LogP contribution in [0.5, 0.6) is 5.75 Å². The number of rotatable bonds is 7. The van der Waals surface area contributed by atoms with Gasteiger partial charge in [0.2, 0.25) is 0 Å². The van der Waals surface area contributed by atoms with Crippen LogP contribution in [0.25, 0.3) is 0 Å². The van der Waals surface area contributed by atoms with E-state index >= 15 is 0 Å². The first-order valence-electron chi connectivity index (χ1n) is 10.2. The van der Waals surface area contributed by atoms with Crippen molar-refractivity contribution in [2.45, 2.75) is 32.4 Å². The van der Waals surface area contributed by atoms with Crippen LogP contribution in [0.3, 0.4) is 0 Å². The van der Waals surface area contributed by atoms with E-state index in [1.54, 1.807) is 0 Å². The highest BCUT2D eigenvalue weighted by Gasteiger charge is 2.40. The molecule has 2 N–H and O–H groups in total. The van der Waals surface area contributed by atoms with E-state index in [-0.39, 0.29) is 29.5 Å². The second-order valence-electron chi connectivity index (χ2n) is 7.45. The van der Waals surface area contributed by atoms with Gasteiger partial charge in [-0.2, -0.15) is 11.8 Å². The van der Waals surface area contributed by atoms with Crippen molar-refractivity contribution in [2.75, 3.05) is 58.0 Å². The van der Waals surface area contributed by atoms with Gasteiger partial charge in [0.15, 0.2) is 5.96 Å². The number of thioether (sulfide) groups is 1. The van der Waals surface area contributed by atoms with Crippen LogP contribution in [0.15, 0.2) is 23.2 Å². The van der Waals surface area contributed by atoms with Gasteiger partial charge >= 0.3 is 0 Å². The Balaban J connectivity index is 0.00000300. The Hall–Kier alpha value is -0.710. The lowest BCUT2D eigenvalue weighted by atomic mass is 9.95. The van der Waals surface area contributed by atoms with Crippen LogP contribution in [-0.4, -0.2) is 74.4 Å². The minimum absolute atomic E-state index is 0. The third-order valence-corrected chi connectivity index (χ3v) is 6.78. The maximum Gasteiger partial charge on any atom is 0.191 e. The van der Waals surface area contributed by atoms with Gasteiger partial charge in [-0.05, 0) is 37.7 Å². The molecule has 164 valence electrons. The SMILES string of the molecule is CCOc1cc(C)ccc1CNC(=NC)NCC1(N2CCOCC2)CCSC1.I. The molecule has 0 spiro atoms. The number of halogens is 1. The first-order valence-corrected chi connectivity index (χ1v) is 11.4. The molecule has 2 aliphatic rings. The minimum atomic E-state index is 0. The van der Waals surface area contributed by atoms with E-state index in [0.29, 0.717) is 13.2 Å². The standard InChI is InChI=1S/C21H34N4O2S.HI/c1-4-27-19-13-17(2)5-6-18(19)14-23-20(22-3)24-15-21(7-12-28-16-21)25-8-10-26-11-9-25;/h5-6,13H,4,7-12,14-16H2,1-3H3,(H2,22,23,24);1H. The first kappa shape index (κ1) is 24.6. The molecule has 0 saturated carbocycles. The maximum absolute atomic E-state index is 5.80. The molecule has 2 saturated heterocycles. The van der Waals surface area contributed by atoms with Crippen LogP contribution < -0.4 is 15.4 Å². The van der Waals surface area contributed by atoms with Gasteiger partial charge in [0, 0.05) is 50.1 Å². The molecular formula is C21H35IN4O2S. The van der Waals surface area contributed by atoms with E-state index in [1.165, 1.54) is 23.5 Å². The molecule has 1 aromatic rings. The summed E-state index contributed by atoms with van der Waals surface area (Å²) in [6, 6.07) is 6.35. The summed E-state index contributed by atoms with van der Waals surface area (Å²) in [7, 11) is 1.83. The number of hydrogen-bond acceptors (Lipinski definition) is 5. The van der Waals surface area contributed by atoms with Gasteiger partial charge in [-0.3, -0.25) is 9.89 Å². The van der Waals surface area contributed by atoms with Crippen LogP contribution in [0.1, 0.15) is 24.5 Å². The summed E-state index contributed by atoms with van der Waals surface area (Å²) in [6.07, 6.45) is 1.22. The van der Waals surface area contributed by atoms with Crippen molar-refractivity contribution in [3.63, 3.8) is 0 Å². The maximum atomic E-state index is 5.80. The van der Waals surface area contributed by atoms with Crippen molar-refractivity contribution in [2.24, 2.45) is 4.99 Å². The predicted molar refractivity (Wildman–Crippen MR) is 133 cm³/mol. The Kier molecular flexibility index (Phi) is 10.3. The molecule has 2 fully saturated rings. The highest BCUT2D eigenvalue weighted by Crippen LogP contribution is 2.33. The van der Waals surface area contributed by atoms with Gasteiger partial charge in [0.25, 0.3) is 0 Å². The number of nitrogens with zero attached hydrogens (tertiary/aromatic N) is 2. The van der Waals surface area contributed by atoms with E-state index in [0.717, 1.165) is 50.1 Å². The molecule has 0 aromatic heterocycles. The number of morpholine rings is 1. The quantitative estimate of drug-likeness (QED) is 0.319. The third kappa shape index (κ3) is 6.63. The molecule has 29 heavy (non-hydrogen) atoms. The third-order valence-electron chi connectivity index (χ3n) is 5.54. The van der Waals surface area contributed by atoms with Crippen LogP contribution in [0.4, 0.5) is 0 Å². The smallest absolute Gasteiger partial charge is 0.191 e. The number of benzene rings is 1. The lowest BCUT2D eigenvalue weighted by molar-refractivity contribution is -0.0120. The molecule has 1 aromatic carbocycles. The number of guanidine groups is 1. The second-order valence-corrected chi connectivity index (χ2v) is 8.56. The Morgan fingerprint density at radius 1 is 1.31 bits per heavy atom. The second kappa shape index (κ2) is 12.2. The summed E-state index contributed by atoms with van der Waals surface area (Å²) in [5.41, 5.74) is 2.56. The number of aryl methyl sites for hydroxylation is 1. The fourth-order valence-corrected chi connectivity index (χ4v) is 5.36. The molecule has 2 aliphatic heterocycles. The molecule has 8 heteroatoms. The zero-order valence-corrected chi connectivity index (χ0v) is 21.0. The summed E-state index contributed by atoms with van der Waals surface area (Å²) < 4.78 is 11.4. The summed E-state index contributed by atoms with van der Waals surface area (Å²) in [4.78, 5) is 7.05. The van der Waals surface area contributed by atoms with Gasteiger partial charge < -0.3 is 20.1 Å². The lowest BCUT2D eigenvalue weighted by Gasteiger charge is -2.43. The molecular weight excluding hydrogens is 499 g/mol. The highest BCUT2D eigenvalue weighted by atomic mass is 127. The fourth-order valence-electron chi connectivity index (χ4n) is 3.88. The topological polar surface area (TPSA) is 58.1 Å². The Morgan fingerprint density at radius 3 is 2.76 bits per heavy atom. The molecule has 2 heterocycles. The largest absolute Gasteiger partial charge is 0.494 e. The Morgan fingerprint density at radius 2 is 2.10 bits per heavy atom. The average molecular weight is 535 g/mol. The molecule has 1 unspecified atom stereocenters. The Labute approximate surface area is 196 Å². The van der Waals surface area contributed by atoms with Gasteiger partial charge in [-0.1, -0.05) is 12.1 Å². The van der Waals surface area contributed by atoms with E-state index in [1.807, 2.05) is 14.0 Å². The van der Waals surface area contributed by atoms with Gasteiger partial charge in [0.05, 0.1) is 19.8 Å². The molecule has 3 rings (SSSR count). The molecule has 0 amide bonds. The zero-order valence-electron chi connectivity index (χ0n) is 17.8. The van der Waals surface area contributed by atoms with Crippen LogP contribution >= 0.6 is 35.7 Å². The van der Waals surface area contributed by atoms with Crippen molar-refractivity contribution in [1.29, 1.82) is 0 Å². The van der Waals surface area contributed by atoms with Gasteiger partial charge in [-0.25, -0.2) is 0 Å². The molecule has 1 atom stereocenters. The number of hydrogen-bond donors (Lipinski definition) is 2. The molecule has 0 aliphatic carbocycles. The Bertz CT molecular complexity index is 662. The summed E-state index contributed by atoms with van der Waals surface area (Å²) in [5.74, 6) is 4.19. The fraction of sp³-hybridized carbons (Fsp3) is 0.667. The number of nitrogens with one attached hydrogen (secondary N) is 2. The average Bonchev–Trinajstić information content (AvgIpc) is 3.20. The zero-order chi connectivity index (χ0) is 19.8. The molecule has 0 bridgehead atoms. The number of ether oxygens (including phenoxy) is 2. The molecule has 0 radical (unpaired) electrons. The number of aliphatic imine (C=N–C) groups is 1. The lowest BCUT2D eigenvalue weighted by Crippen LogP contribution is -2.60. The van der Waals surface area contributed by atoms with Gasteiger partial charge in [-0.15, -0.1) is 24.0 Å². The van der Waals surface area contributed by atoms with Crippen molar-refractivity contribution in [1.82, 2.24) is 15.5 Å². The van der Waals surface area contributed by atoms with E-state index in [9.17, 15) is 0 Å². The monoisotopic (exact) mass is 534 g/mol. The normalized spacial score (nSPS) is 22.8. The van der Waals surface area contributed by atoms with Crippen molar-refractivity contribution in [3.8, 4) is 5.75 Å². The summed E-state index contributed by atoms with van der Waals surface area (Å²) in [6.45, 7) is 10.1. The van der Waals surface area contributed by atoms with E-state index < -0.39 is 0 Å². The highest BCUT2D eigenvalue weighted by molar-refractivity contribution is 14.0. The first-order chi connectivity index (χ1) is 13.7. The van der Waals surface area contributed by atoms with Crippen molar-refractivity contribution < 1.29 is 9.47 Å². The van der Waals surface area contributed by atoms with E-state index in [2.05, 4.69) is 57.4 Å². The summed E-state index contributed by atoms with van der Waals surface area (Å²) >= 11 is 2.05. The van der Waals surface area contributed by atoms with E-state index in [4.69, 9.17) is 9.47 Å². The van der Waals surface area contributed by atoms with Crippen LogP contribution in [0.2, 0.25) is 0 Å². The van der Waals surface area contributed by atoms with Crippen LogP contribution in [-0.2, 0) is 11.3 Å². The minimum Gasteiger partial charge on any atom is -0.494 e. The van der Waals surface area contributed by atoms with Gasteiger partial charge in [0.1, 0.15) is 5.75 Å². The summed E-state index contributed by atoms with van der Waals surface area (Å²) in [5, 5.41) is 7.04. The molecule has 6 nitrogen and oxygen atoms in total. The van der Waals surface area contributed by atoms with Crippen molar-refractivity contribution in [3.05, 3.63) is 29.3 Å². The van der Waals surface area contributed by atoms with Crippen molar-refractivity contribution >= 4 is 41.7 Å².